The minimum absolute atomic E-state index is 0.120. The molecule has 0 aliphatic heterocycles. The smallest absolute Gasteiger partial charge is 0.253 e. The molecule has 4 nitrogen and oxygen atoms in total. The Hall–Kier alpha value is -2.36. The molecule has 2 rings (SSSR count). The molecule has 1 aromatic carbocycles. The Kier molecular flexibility index (Phi) is 4.93. The first kappa shape index (κ1) is 15.0. The molecule has 1 aromatic heterocycles. The van der Waals surface area contributed by atoms with Crippen LogP contribution in [0.15, 0.2) is 42.7 Å². The first-order valence-electron chi connectivity index (χ1n) is 6.97. The summed E-state index contributed by atoms with van der Waals surface area (Å²) in [5.74, 6) is 1.13. The maximum Gasteiger partial charge on any atom is 0.253 e. The van der Waals surface area contributed by atoms with Gasteiger partial charge in [0.1, 0.15) is 5.75 Å². The second-order valence-corrected chi connectivity index (χ2v) is 5.16. The first-order chi connectivity index (χ1) is 10.1. The number of nitrogens with one attached hydrogen (secondary N) is 1. The molecule has 110 valence electrons. The van der Waals surface area contributed by atoms with Gasteiger partial charge in [-0.25, -0.2) is 0 Å². The van der Waals surface area contributed by atoms with Crippen molar-refractivity contribution in [3.05, 3.63) is 59.4 Å². The molecule has 1 amide bonds. The number of aromatic nitrogens is 1. The van der Waals surface area contributed by atoms with E-state index in [-0.39, 0.29) is 5.91 Å². The maximum absolute atomic E-state index is 12.0. The summed E-state index contributed by atoms with van der Waals surface area (Å²) in [6, 6.07) is 9.48. The molecule has 21 heavy (non-hydrogen) atoms. The molecule has 0 atom stereocenters. The average Bonchev–Trinajstić information content (AvgIpc) is 2.53. The Bertz CT molecular complexity index is 609. The molecule has 4 heteroatoms. The van der Waals surface area contributed by atoms with Crippen LogP contribution in [0.3, 0.4) is 0 Å². The molecule has 0 bridgehead atoms. The SMILES string of the molecule is COc1ccc(CNC(=O)c2cccnc2)cc1C(C)C. The number of rotatable bonds is 5. The van der Waals surface area contributed by atoms with Gasteiger partial charge in [0.15, 0.2) is 0 Å². The third kappa shape index (κ3) is 3.81. The highest BCUT2D eigenvalue weighted by Crippen LogP contribution is 2.27. The van der Waals surface area contributed by atoms with Crippen LogP contribution in [0.4, 0.5) is 0 Å². The molecule has 0 saturated heterocycles. The molecule has 2 aromatic rings. The van der Waals surface area contributed by atoms with Crippen LogP contribution in [-0.4, -0.2) is 18.0 Å². The van der Waals surface area contributed by atoms with Crippen LogP contribution in [-0.2, 0) is 6.54 Å². The largest absolute Gasteiger partial charge is 0.496 e. The number of pyridine rings is 1. The number of hydrogen-bond acceptors (Lipinski definition) is 3. The summed E-state index contributed by atoms with van der Waals surface area (Å²) >= 11 is 0. The molecule has 0 unspecified atom stereocenters. The number of ether oxygens (including phenoxy) is 1. The topological polar surface area (TPSA) is 51.2 Å². The van der Waals surface area contributed by atoms with Gasteiger partial charge in [0, 0.05) is 18.9 Å². The lowest BCUT2D eigenvalue weighted by molar-refractivity contribution is 0.0950. The van der Waals surface area contributed by atoms with E-state index in [1.165, 1.54) is 0 Å². The van der Waals surface area contributed by atoms with E-state index in [9.17, 15) is 4.79 Å². The van der Waals surface area contributed by atoms with Crippen LogP contribution < -0.4 is 10.1 Å². The molecule has 0 fully saturated rings. The molecule has 0 radical (unpaired) electrons. The third-order valence-electron chi connectivity index (χ3n) is 3.29. The van der Waals surface area contributed by atoms with E-state index in [1.54, 1.807) is 31.6 Å². The van der Waals surface area contributed by atoms with Crippen LogP contribution in [0.2, 0.25) is 0 Å². The summed E-state index contributed by atoms with van der Waals surface area (Å²) in [6.07, 6.45) is 3.21. The van der Waals surface area contributed by atoms with E-state index in [1.807, 2.05) is 12.1 Å². The normalized spacial score (nSPS) is 10.5. The Labute approximate surface area is 125 Å². The van der Waals surface area contributed by atoms with Crippen LogP contribution in [0, 0.1) is 0 Å². The lowest BCUT2D eigenvalue weighted by Crippen LogP contribution is -2.22. The first-order valence-corrected chi connectivity index (χ1v) is 6.97. The number of benzene rings is 1. The van der Waals surface area contributed by atoms with Crippen molar-refractivity contribution in [1.82, 2.24) is 10.3 Å². The van der Waals surface area contributed by atoms with Crippen molar-refractivity contribution in [2.45, 2.75) is 26.3 Å². The number of nitrogens with zero attached hydrogens (tertiary/aromatic N) is 1. The number of methoxy groups -OCH3 is 1. The van der Waals surface area contributed by atoms with Crippen LogP contribution in [0.25, 0.3) is 0 Å². The van der Waals surface area contributed by atoms with E-state index in [2.05, 4.69) is 30.2 Å². The standard InChI is InChI=1S/C17H20N2O2/c1-12(2)15-9-13(6-7-16(15)21-3)10-19-17(20)14-5-4-8-18-11-14/h4-9,11-12H,10H2,1-3H3,(H,19,20). The third-order valence-corrected chi connectivity index (χ3v) is 3.29. The lowest BCUT2D eigenvalue weighted by atomic mass is 9.99. The summed E-state index contributed by atoms with van der Waals surface area (Å²) < 4.78 is 5.36. The summed E-state index contributed by atoms with van der Waals surface area (Å²) in [5.41, 5.74) is 2.76. The van der Waals surface area contributed by atoms with Gasteiger partial charge in [-0.2, -0.15) is 0 Å². The van der Waals surface area contributed by atoms with Crippen molar-refractivity contribution < 1.29 is 9.53 Å². The van der Waals surface area contributed by atoms with Crippen molar-refractivity contribution in [2.24, 2.45) is 0 Å². The molecule has 0 saturated carbocycles. The highest BCUT2D eigenvalue weighted by molar-refractivity contribution is 5.93. The van der Waals surface area contributed by atoms with Crippen molar-refractivity contribution >= 4 is 5.91 Å². The monoisotopic (exact) mass is 284 g/mol. The van der Waals surface area contributed by atoms with Crippen LogP contribution >= 0.6 is 0 Å². The molecular weight excluding hydrogens is 264 g/mol. The number of carbonyl (C=O) groups is 1. The summed E-state index contributed by atoms with van der Waals surface area (Å²) in [5, 5.41) is 2.90. The number of amides is 1. The molecule has 1 heterocycles. The van der Waals surface area contributed by atoms with E-state index >= 15 is 0 Å². The van der Waals surface area contributed by atoms with Crippen molar-refractivity contribution in [2.75, 3.05) is 7.11 Å². The quantitative estimate of drug-likeness (QED) is 0.917. The van der Waals surface area contributed by atoms with E-state index in [4.69, 9.17) is 4.74 Å². The van der Waals surface area contributed by atoms with Crippen molar-refractivity contribution in [3.8, 4) is 5.75 Å². The fourth-order valence-corrected chi connectivity index (χ4v) is 2.13. The Morgan fingerprint density at radius 1 is 1.33 bits per heavy atom. The van der Waals surface area contributed by atoms with Gasteiger partial charge >= 0.3 is 0 Å². The predicted octanol–water partition coefficient (Wildman–Crippen LogP) is 3.14. The Balaban J connectivity index is 2.07. The van der Waals surface area contributed by atoms with Crippen molar-refractivity contribution in [3.63, 3.8) is 0 Å². The minimum atomic E-state index is -0.120. The maximum atomic E-state index is 12.0. The van der Waals surface area contributed by atoms with Gasteiger partial charge < -0.3 is 10.1 Å². The summed E-state index contributed by atoms with van der Waals surface area (Å²) in [7, 11) is 1.67. The van der Waals surface area contributed by atoms with Gasteiger partial charge in [-0.15, -0.1) is 0 Å². The zero-order chi connectivity index (χ0) is 15.2. The second-order valence-electron chi connectivity index (χ2n) is 5.16. The molecule has 1 N–H and O–H groups in total. The fraction of sp³-hybridized carbons (Fsp3) is 0.294. The van der Waals surface area contributed by atoms with Crippen molar-refractivity contribution in [1.29, 1.82) is 0 Å². The van der Waals surface area contributed by atoms with Gasteiger partial charge in [0.05, 0.1) is 12.7 Å². The number of hydrogen-bond donors (Lipinski definition) is 1. The number of carbonyl (C=O) groups excluding carboxylic acids is 1. The summed E-state index contributed by atoms with van der Waals surface area (Å²) in [6.45, 7) is 4.73. The molecule has 0 aliphatic carbocycles. The highest BCUT2D eigenvalue weighted by atomic mass is 16.5. The zero-order valence-corrected chi connectivity index (χ0v) is 12.6. The molecular formula is C17H20N2O2. The second kappa shape index (κ2) is 6.88. The Morgan fingerprint density at radius 2 is 2.14 bits per heavy atom. The zero-order valence-electron chi connectivity index (χ0n) is 12.6. The van der Waals surface area contributed by atoms with Gasteiger partial charge in [-0.05, 0) is 35.2 Å². The average molecular weight is 284 g/mol. The molecule has 0 spiro atoms. The fourth-order valence-electron chi connectivity index (χ4n) is 2.13. The van der Waals surface area contributed by atoms with Crippen LogP contribution in [0.5, 0.6) is 5.75 Å². The van der Waals surface area contributed by atoms with E-state index < -0.39 is 0 Å². The predicted molar refractivity (Wildman–Crippen MR) is 82.5 cm³/mol. The highest BCUT2D eigenvalue weighted by Gasteiger charge is 2.09. The van der Waals surface area contributed by atoms with E-state index in [0.717, 1.165) is 16.9 Å². The van der Waals surface area contributed by atoms with Gasteiger partial charge in [-0.3, -0.25) is 9.78 Å². The molecule has 0 aliphatic rings. The van der Waals surface area contributed by atoms with E-state index in [0.29, 0.717) is 18.0 Å². The Morgan fingerprint density at radius 3 is 2.76 bits per heavy atom. The van der Waals surface area contributed by atoms with Gasteiger partial charge in [-0.1, -0.05) is 26.0 Å². The minimum Gasteiger partial charge on any atom is -0.496 e. The van der Waals surface area contributed by atoms with Crippen LogP contribution in [0.1, 0.15) is 41.3 Å². The van der Waals surface area contributed by atoms with Gasteiger partial charge in [0.2, 0.25) is 0 Å². The lowest BCUT2D eigenvalue weighted by Gasteiger charge is -2.14. The summed E-state index contributed by atoms with van der Waals surface area (Å²) in [4.78, 5) is 15.9. The van der Waals surface area contributed by atoms with Gasteiger partial charge in [0.25, 0.3) is 5.91 Å².